The van der Waals surface area contributed by atoms with E-state index >= 15 is 0 Å². The summed E-state index contributed by atoms with van der Waals surface area (Å²) in [7, 11) is 4.80. The van der Waals surface area contributed by atoms with Crippen LogP contribution in [0.3, 0.4) is 0 Å². The first kappa shape index (κ1) is 28.3. The molecule has 9 nitrogen and oxygen atoms in total. The van der Waals surface area contributed by atoms with Crippen LogP contribution < -0.4 is 24.4 Å². The van der Waals surface area contributed by atoms with Gasteiger partial charge in [0.15, 0.2) is 11.5 Å². The molecule has 1 amide bonds. The standard InChI is InChI=1S/C32H37N3O6/c1-37-28-18-24(19-29(38-2)31(28)39-3)35-27-20-25(15-16-26(27)33-32(35)23-10-6-4-7-11-23)40-17-9-5-8-12-30(36)34-41-21-22-13-14-22/h4,6-7,10-11,15-16,18-20,22H,5,8-9,12-14,17,21H2,1-3H3,(H,34,36). The molecule has 1 saturated carbocycles. The normalized spacial score (nSPS) is 12.8. The highest BCUT2D eigenvalue weighted by molar-refractivity contribution is 5.85. The first-order valence-electron chi connectivity index (χ1n) is 14.0. The Morgan fingerprint density at radius 1 is 0.927 bits per heavy atom. The van der Waals surface area contributed by atoms with Crippen LogP contribution in [0.5, 0.6) is 23.0 Å². The third kappa shape index (κ3) is 6.92. The minimum Gasteiger partial charge on any atom is -0.494 e. The SMILES string of the molecule is COc1cc(-n2c(-c3ccccc3)nc3ccc(OCCCCCC(=O)NOCC4CC4)cc32)cc(OC)c1OC. The van der Waals surface area contributed by atoms with Gasteiger partial charge in [0.2, 0.25) is 11.7 Å². The minimum absolute atomic E-state index is 0.0636. The van der Waals surface area contributed by atoms with Crippen LogP contribution in [0.2, 0.25) is 0 Å². The van der Waals surface area contributed by atoms with Crippen LogP contribution in [0.25, 0.3) is 28.1 Å². The maximum atomic E-state index is 11.9. The molecule has 216 valence electrons. The summed E-state index contributed by atoms with van der Waals surface area (Å²) < 4.78 is 25.0. The lowest BCUT2D eigenvalue weighted by Gasteiger charge is -2.16. The third-order valence-electron chi connectivity index (χ3n) is 7.08. The van der Waals surface area contributed by atoms with Crippen LogP contribution in [0.1, 0.15) is 38.5 Å². The molecule has 0 radical (unpaired) electrons. The lowest BCUT2D eigenvalue weighted by atomic mass is 10.2. The van der Waals surface area contributed by atoms with Gasteiger partial charge < -0.3 is 18.9 Å². The smallest absolute Gasteiger partial charge is 0.243 e. The summed E-state index contributed by atoms with van der Waals surface area (Å²) in [6.07, 6.45) is 5.37. The molecular weight excluding hydrogens is 522 g/mol. The maximum Gasteiger partial charge on any atom is 0.243 e. The number of hydrogen-bond donors (Lipinski definition) is 1. The molecule has 1 aliphatic rings. The van der Waals surface area contributed by atoms with Gasteiger partial charge in [-0.2, -0.15) is 0 Å². The molecule has 1 fully saturated rings. The molecule has 0 aliphatic heterocycles. The molecule has 0 atom stereocenters. The number of carbonyl (C=O) groups is 1. The molecule has 0 saturated heterocycles. The first-order chi connectivity index (χ1) is 20.1. The van der Waals surface area contributed by atoms with Crippen molar-refractivity contribution in [2.24, 2.45) is 5.92 Å². The lowest BCUT2D eigenvalue weighted by molar-refractivity contribution is -0.134. The molecule has 1 aromatic heterocycles. The number of imidazole rings is 1. The van der Waals surface area contributed by atoms with E-state index in [-0.39, 0.29) is 5.91 Å². The monoisotopic (exact) mass is 559 g/mol. The number of aromatic nitrogens is 2. The van der Waals surface area contributed by atoms with E-state index in [4.69, 9.17) is 28.8 Å². The third-order valence-corrected chi connectivity index (χ3v) is 7.08. The van der Waals surface area contributed by atoms with Gasteiger partial charge in [0.25, 0.3) is 0 Å². The van der Waals surface area contributed by atoms with Gasteiger partial charge in [-0.15, -0.1) is 0 Å². The molecule has 41 heavy (non-hydrogen) atoms. The summed E-state index contributed by atoms with van der Waals surface area (Å²) in [4.78, 5) is 22.1. The molecule has 9 heteroatoms. The van der Waals surface area contributed by atoms with Crippen molar-refractivity contribution in [3.8, 4) is 40.1 Å². The molecular formula is C32H37N3O6. The summed E-state index contributed by atoms with van der Waals surface area (Å²) in [5.74, 6) is 3.72. The van der Waals surface area contributed by atoms with Gasteiger partial charge in [0.1, 0.15) is 11.6 Å². The summed E-state index contributed by atoms with van der Waals surface area (Å²) in [6, 6.07) is 19.8. The summed E-state index contributed by atoms with van der Waals surface area (Å²) in [6.45, 7) is 1.17. The highest BCUT2D eigenvalue weighted by atomic mass is 16.7. The minimum atomic E-state index is -0.0636. The quantitative estimate of drug-likeness (QED) is 0.139. The van der Waals surface area contributed by atoms with Gasteiger partial charge in [-0.1, -0.05) is 30.3 Å². The Bertz CT molecular complexity index is 1440. The Hall–Kier alpha value is -4.24. The van der Waals surface area contributed by atoms with Crippen molar-refractivity contribution in [2.45, 2.75) is 38.5 Å². The molecule has 1 aliphatic carbocycles. The number of carbonyl (C=O) groups excluding carboxylic acids is 1. The molecule has 0 spiro atoms. The van der Waals surface area contributed by atoms with E-state index in [2.05, 4.69) is 10.0 Å². The van der Waals surface area contributed by atoms with E-state index in [1.807, 2.05) is 60.7 Å². The molecule has 5 rings (SSSR count). The number of unbranched alkanes of at least 4 members (excludes halogenated alkanes) is 2. The van der Waals surface area contributed by atoms with Gasteiger partial charge in [-0.25, -0.2) is 10.5 Å². The van der Waals surface area contributed by atoms with E-state index in [9.17, 15) is 4.79 Å². The van der Waals surface area contributed by atoms with Crippen LogP contribution in [0.15, 0.2) is 60.7 Å². The topological polar surface area (TPSA) is 93.1 Å². The summed E-state index contributed by atoms with van der Waals surface area (Å²) in [5.41, 5.74) is 6.05. The van der Waals surface area contributed by atoms with Gasteiger partial charge >= 0.3 is 0 Å². The highest BCUT2D eigenvalue weighted by Crippen LogP contribution is 2.41. The number of benzene rings is 3. The van der Waals surface area contributed by atoms with Crippen LogP contribution >= 0.6 is 0 Å². The van der Waals surface area contributed by atoms with Crippen LogP contribution in [0.4, 0.5) is 0 Å². The fraction of sp³-hybridized carbons (Fsp3) is 0.375. The maximum absolute atomic E-state index is 11.9. The molecule has 1 heterocycles. The number of nitrogens with one attached hydrogen (secondary N) is 1. The van der Waals surface area contributed by atoms with Crippen molar-refractivity contribution in [3.05, 3.63) is 60.7 Å². The van der Waals surface area contributed by atoms with E-state index in [0.29, 0.717) is 42.8 Å². The van der Waals surface area contributed by atoms with Crippen molar-refractivity contribution in [1.82, 2.24) is 15.0 Å². The predicted molar refractivity (Wildman–Crippen MR) is 157 cm³/mol. The second-order valence-electron chi connectivity index (χ2n) is 10.1. The van der Waals surface area contributed by atoms with Gasteiger partial charge in [0.05, 0.1) is 51.3 Å². The van der Waals surface area contributed by atoms with Gasteiger partial charge in [-0.05, 0) is 50.2 Å². The van der Waals surface area contributed by atoms with E-state index in [0.717, 1.165) is 53.1 Å². The molecule has 0 unspecified atom stereocenters. The van der Waals surface area contributed by atoms with Crippen molar-refractivity contribution >= 4 is 16.9 Å². The van der Waals surface area contributed by atoms with Crippen molar-refractivity contribution < 1.29 is 28.6 Å². The largest absolute Gasteiger partial charge is 0.494 e. The lowest BCUT2D eigenvalue weighted by Crippen LogP contribution is -2.24. The zero-order valence-electron chi connectivity index (χ0n) is 23.9. The fourth-order valence-electron chi connectivity index (χ4n) is 4.71. The van der Waals surface area contributed by atoms with Gasteiger partial charge in [-0.3, -0.25) is 14.2 Å². The number of nitrogens with zero attached hydrogens (tertiary/aromatic N) is 2. The highest BCUT2D eigenvalue weighted by Gasteiger charge is 2.22. The number of methoxy groups -OCH3 is 3. The summed E-state index contributed by atoms with van der Waals surface area (Å²) in [5, 5.41) is 0. The van der Waals surface area contributed by atoms with E-state index < -0.39 is 0 Å². The molecule has 0 bridgehead atoms. The predicted octanol–water partition coefficient (Wildman–Crippen LogP) is 6.12. The van der Waals surface area contributed by atoms with E-state index in [1.54, 1.807) is 21.3 Å². The second-order valence-corrected chi connectivity index (χ2v) is 10.1. The van der Waals surface area contributed by atoms with Crippen LogP contribution in [0, 0.1) is 5.92 Å². The first-order valence-corrected chi connectivity index (χ1v) is 14.0. The average Bonchev–Trinajstić information content (AvgIpc) is 3.75. The fourth-order valence-corrected chi connectivity index (χ4v) is 4.71. The molecule has 1 N–H and O–H groups in total. The van der Waals surface area contributed by atoms with Crippen molar-refractivity contribution in [2.75, 3.05) is 34.5 Å². The molecule has 4 aromatic rings. The number of ether oxygens (including phenoxy) is 4. The second kappa shape index (κ2) is 13.4. The Balaban J connectivity index is 1.32. The number of hydroxylamine groups is 1. The number of fused-ring (bicyclic) bond motifs is 1. The number of rotatable bonds is 15. The average molecular weight is 560 g/mol. The zero-order valence-corrected chi connectivity index (χ0v) is 23.9. The zero-order chi connectivity index (χ0) is 28.6. The molecule has 3 aromatic carbocycles. The van der Waals surface area contributed by atoms with Crippen LogP contribution in [-0.2, 0) is 9.63 Å². The Morgan fingerprint density at radius 2 is 1.68 bits per heavy atom. The van der Waals surface area contributed by atoms with Crippen molar-refractivity contribution in [1.29, 1.82) is 0 Å². The Morgan fingerprint density at radius 3 is 2.37 bits per heavy atom. The number of amides is 1. The van der Waals surface area contributed by atoms with Crippen LogP contribution in [-0.4, -0.2) is 50.0 Å². The van der Waals surface area contributed by atoms with E-state index in [1.165, 1.54) is 12.8 Å². The Labute approximate surface area is 240 Å². The number of hydrogen-bond acceptors (Lipinski definition) is 7. The van der Waals surface area contributed by atoms with Gasteiger partial charge in [0, 0.05) is 30.2 Å². The Kier molecular flexibility index (Phi) is 9.26. The summed E-state index contributed by atoms with van der Waals surface area (Å²) >= 11 is 0. The van der Waals surface area contributed by atoms with Crippen molar-refractivity contribution in [3.63, 3.8) is 0 Å².